The fourth-order valence-electron chi connectivity index (χ4n) is 2.27. The molecule has 2 aromatic rings. The van der Waals surface area contributed by atoms with Crippen LogP contribution >= 0.6 is 0 Å². The maximum Gasteiger partial charge on any atom is 0.328 e. The van der Waals surface area contributed by atoms with Crippen molar-refractivity contribution in [1.82, 2.24) is 20.3 Å². The van der Waals surface area contributed by atoms with Crippen LogP contribution in [0.25, 0.3) is 10.9 Å². The zero-order valence-electron chi connectivity index (χ0n) is 14.0. The van der Waals surface area contributed by atoms with E-state index in [-0.39, 0.29) is 5.92 Å². The van der Waals surface area contributed by atoms with Gasteiger partial charge in [-0.1, -0.05) is 31.2 Å². The number of hydrogen-bond donors (Lipinski definition) is 1. The van der Waals surface area contributed by atoms with E-state index in [0.29, 0.717) is 10.9 Å². The highest BCUT2D eigenvalue weighted by atomic mass is 16.5. The third-order valence-corrected chi connectivity index (χ3v) is 3.76. The van der Waals surface area contributed by atoms with Crippen LogP contribution in [-0.2, 0) is 14.3 Å². The Morgan fingerprint density at radius 1 is 1.21 bits per heavy atom. The van der Waals surface area contributed by atoms with Gasteiger partial charge in [0.25, 0.3) is 5.56 Å². The monoisotopic (exact) mass is 332 g/mol. The van der Waals surface area contributed by atoms with Crippen LogP contribution in [0.1, 0.15) is 26.8 Å². The number of amides is 1. The second-order valence-electron chi connectivity index (χ2n) is 5.79. The number of esters is 1. The summed E-state index contributed by atoms with van der Waals surface area (Å²) in [7, 11) is 1.26. The molecule has 8 nitrogen and oxygen atoms in total. The molecule has 0 aliphatic rings. The van der Waals surface area contributed by atoms with E-state index in [1.165, 1.54) is 14.0 Å². The number of nitrogens with zero attached hydrogens (tertiary/aromatic N) is 3. The average Bonchev–Trinajstić information content (AvgIpc) is 2.58. The summed E-state index contributed by atoms with van der Waals surface area (Å²) < 4.78 is 5.70. The summed E-state index contributed by atoms with van der Waals surface area (Å²) in [6.45, 7) is 5.10. The van der Waals surface area contributed by atoms with Gasteiger partial charge in [0.2, 0.25) is 5.91 Å². The number of rotatable bonds is 5. The highest BCUT2D eigenvalue weighted by Gasteiger charge is 2.28. The molecule has 0 fully saturated rings. The van der Waals surface area contributed by atoms with Crippen molar-refractivity contribution >= 4 is 22.8 Å². The van der Waals surface area contributed by atoms with Crippen LogP contribution in [0.4, 0.5) is 0 Å². The minimum absolute atomic E-state index is 0.159. The third kappa shape index (κ3) is 3.42. The molecule has 1 aromatic carbocycles. The molecule has 0 aliphatic carbocycles. The van der Waals surface area contributed by atoms with Gasteiger partial charge in [0, 0.05) is 0 Å². The first-order chi connectivity index (χ1) is 11.4. The second kappa shape index (κ2) is 7.20. The Bertz CT molecular complexity index is 815. The molecule has 0 saturated heterocycles. The zero-order valence-corrected chi connectivity index (χ0v) is 14.0. The van der Waals surface area contributed by atoms with E-state index in [1.807, 2.05) is 0 Å². The molecule has 0 saturated carbocycles. The average molecular weight is 332 g/mol. The molecule has 0 spiro atoms. The molecule has 8 heteroatoms. The molecular weight excluding hydrogens is 312 g/mol. The van der Waals surface area contributed by atoms with Crippen LogP contribution in [0.5, 0.6) is 0 Å². The normalized spacial score (nSPS) is 13.5. The SMILES string of the molecule is COC(=O)C(NC(=O)C(C)n1nnc2ccccc2c1=O)C(C)C. The van der Waals surface area contributed by atoms with Crippen molar-refractivity contribution in [2.45, 2.75) is 32.9 Å². The molecule has 0 aliphatic heterocycles. The summed E-state index contributed by atoms with van der Waals surface area (Å²) in [6, 6.07) is 5.05. The van der Waals surface area contributed by atoms with Gasteiger partial charge >= 0.3 is 5.97 Å². The summed E-state index contributed by atoms with van der Waals surface area (Å²) in [5, 5.41) is 10.7. The molecule has 1 aromatic heterocycles. The van der Waals surface area contributed by atoms with E-state index in [9.17, 15) is 14.4 Å². The van der Waals surface area contributed by atoms with Crippen molar-refractivity contribution in [1.29, 1.82) is 0 Å². The summed E-state index contributed by atoms with van der Waals surface area (Å²) in [5.74, 6) is -1.21. The zero-order chi connectivity index (χ0) is 17.9. The summed E-state index contributed by atoms with van der Waals surface area (Å²) in [5.41, 5.74) is 0.0448. The minimum Gasteiger partial charge on any atom is -0.467 e. The molecular formula is C16H20N4O4. The Hall–Kier alpha value is -2.77. The van der Waals surface area contributed by atoms with E-state index < -0.39 is 29.5 Å². The second-order valence-corrected chi connectivity index (χ2v) is 5.79. The Morgan fingerprint density at radius 3 is 2.50 bits per heavy atom. The van der Waals surface area contributed by atoms with Gasteiger partial charge in [-0.2, -0.15) is 4.68 Å². The van der Waals surface area contributed by atoms with Gasteiger partial charge in [0.15, 0.2) is 0 Å². The van der Waals surface area contributed by atoms with Crippen molar-refractivity contribution in [3.05, 3.63) is 34.6 Å². The Morgan fingerprint density at radius 2 is 1.88 bits per heavy atom. The topological polar surface area (TPSA) is 103 Å². The Balaban J connectivity index is 2.29. The van der Waals surface area contributed by atoms with E-state index >= 15 is 0 Å². The molecule has 2 rings (SSSR count). The van der Waals surface area contributed by atoms with Crippen molar-refractivity contribution in [2.24, 2.45) is 5.92 Å². The number of methoxy groups -OCH3 is 1. The number of nitrogens with one attached hydrogen (secondary N) is 1. The lowest BCUT2D eigenvalue weighted by molar-refractivity contribution is -0.146. The smallest absolute Gasteiger partial charge is 0.328 e. The Kier molecular flexibility index (Phi) is 5.28. The number of carbonyl (C=O) groups is 2. The van der Waals surface area contributed by atoms with E-state index in [1.54, 1.807) is 38.1 Å². The van der Waals surface area contributed by atoms with Crippen molar-refractivity contribution in [2.75, 3.05) is 7.11 Å². The number of aromatic nitrogens is 3. The van der Waals surface area contributed by atoms with Gasteiger partial charge in [-0.3, -0.25) is 9.59 Å². The van der Waals surface area contributed by atoms with Gasteiger partial charge in [-0.15, -0.1) is 5.10 Å². The largest absolute Gasteiger partial charge is 0.467 e. The molecule has 24 heavy (non-hydrogen) atoms. The summed E-state index contributed by atoms with van der Waals surface area (Å²) in [6.07, 6.45) is 0. The van der Waals surface area contributed by atoms with E-state index in [4.69, 9.17) is 4.74 Å². The summed E-state index contributed by atoms with van der Waals surface area (Å²) in [4.78, 5) is 36.6. The predicted octanol–water partition coefficient (Wildman–Crippen LogP) is 0.666. The van der Waals surface area contributed by atoms with Crippen LogP contribution in [0.2, 0.25) is 0 Å². The van der Waals surface area contributed by atoms with E-state index in [0.717, 1.165) is 4.68 Å². The van der Waals surface area contributed by atoms with Gasteiger partial charge < -0.3 is 10.1 Å². The minimum atomic E-state index is -0.916. The molecule has 128 valence electrons. The van der Waals surface area contributed by atoms with Crippen LogP contribution in [0, 0.1) is 5.92 Å². The Labute approximate surface area is 138 Å². The maximum atomic E-state index is 12.5. The number of ether oxygens (including phenoxy) is 1. The molecule has 0 bridgehead atoms. The van der Waals surface area contributed by atoms with Crippen molar-refractivity contribution in [3.8, 4) is 0 Å². The van der Waals surface area contributed by atoms with Crippen molar-refractivity contribution in [3.63, 3.8) is 0 Å². The molecule has 1 N–H and O–H groups in total. The third-order valence-electron chi connectivity index (χ3n) is 3.76. The predicted molar refractivity (Wildman–Crippen MR) is 87.3 cm³/mol. The van der Waals surface area contributed by atoms with Gasteiger partial charge in [0.1, 0.15) is 17.6 Å². The number of hydrogen-bond acceptors (Lipinski definition) is 6. The lowest BCUT2D eigenvalue weighted by Crippen LogP contribution is -2.48. The summed E-state index contributed by atoms with van der Waals surface area (Å²) >= 11 is 0. The first-order valence-corrected chi connectivity index (χ1v) is 7.59. The quantitative estimate of drug-likeness (QED) is 0.807. The van der Waals surface area contributed by atoms with Crippen LogP contribution < -0.4 is 10.9 Å². The van der Waals surface area contributed by atoms with Crippen molar-refractivity contribution < 1.29 is 14.3 Å². The standard InChI is InChI=1S/C16H20N4O4/c1-9(2)13(16(23)24-4)17-14(21)10(3)20-15(22)11-7-5-6-8-12(11)18-19-20/h5-10,13H,1-4H3,(H,17,21). The van der Waals surface area contributed by atoms with Gasteiger partial charge in [-0.05, 0) is 25.0 Å². The molecule has 1 amide bonds. The van der Waals surface area contributed by atoms with Crippen LogP contribution in [0.3, 0.4) is 0 Å². The van der Waals surface area contributed by atoms with Crippen LogP contribution in [0.15, 0.2) is 29.1 Å². The van der Waals surface area contributed by atoms with E-state index in [2.05, 4.69) is 15.6 Å². The van der Waals surface area contributed by atoms with Crippen LogP contribution in [-0.4, -0.2) is 40.0 Å². The number of fused-ring (bicyclic) bond motifs is 1. The fraction of sp³-hybridized carbons (Fsp3) is 0.438. The molecule has 1 heterocycles. The molecule has 2 atom stereocenters. The highest BCUT2D eigenvalue weighted by molar-refractivity contribution is 5.86. The maximum absolute atomic E-state index is 12.5. The van der Waals surface area contributed by atoms with Gasteiger partial charge in [-0.25, -0.2) is 4.79 Å². The highest BCUT2D eigenvalue weighted by Crippen LogP contribution is 2.09. The lowest BCUT2D eigenvalue weighted by atomic mass is 10.0. The number of carbonyl (C=O) groups excluding carboxylic acids is 2. The molecule has 2 unspecified atom stereocenters. The van der Waals surface area contributed by atoms with Gasteiger partial charge in [0.05, 0.1) is 12.5 Å². The number of benzene rings is 1. The first-order valence-electron chi connectivity index (χ1n) is 7.59. The first kappa shape index (κ1) is 17.6. The molecule has 0 radical (unpaired) electrons. The fourth-order valence-corrected chi connectivity index (χ4v) is 2.27. The lowest BCUT2D eigenvalue weighted by Gasteiger charge is -2.22.